The van der Waals surface area contributed by atoms with Crippen molar-refractivity contribution in [2.24, 2.45) is 0 Å². The average Bonchev–Trinajstić information content (AvgIpc) is 1.99. The molecule has 1 aromatic carbocycles. The summed E-state index contributed by atoms with van der Waals surface area (Å²) in [5, 5.41) is 0. The van der Waals surface area contributed by atoms with E-state index in [2.05, 4.69) is 0 Å². The molecule has 1 rings (SSSR count). The quantitative estimate of drug-likeness (QED) is 0.275. The average molecular weight is 360 g/mol. The molecule has 0 aliphatic rings. The van der Waals surface area contributed by atoms with Gasteiger partial charge < -0.3 is 15.1 Å². The van der Waals surface area contributed by atoms with Gasteiger partial charge in [-0.3, -0.25) is 8.42 Å². The smallest absolute Gasteiger partial charge is 1.00 e. The van der Waals surface area contributed by atoms with E-state index in [0.29, 0.717) is 0 Å². The van der Waals surface area contributed by atoms with E-state index in [1.165, 1.54) is 12.1 Å². The molecule has 0 saturated carbocycles. The minimum absolute atomic E-state index is 0. The monoisotopic (exact) mass is 360 g/mol. The van der Waals surface area contributed by atoms with Crippen molar-refractivity contribution in [3.63, 3.8) is 0 Å². The van der Waals surface area contributed by atoms with Crippen LogP contribution in [0.3, 0.4) is 0 Å². The number of benzene rings is 1. The predicted octanol–water partition coefficient (Wildman–Crippen LogP) is -12.3. The molecule has 0 radical (unpaired) electrons. The molecule has 0 heterocycles. The molecule has 0 aliphatic heterocycles. The van der Waals surface area contributed by atoms with Crippen molar-refractivity contribution in [1.82, 2.24) is 0 Å². The number of hydrogen-bond donors (Lipinski definition) is 0. The summed E-state index contributed by atoms with van der Waals surface area (Å²) < 4.78 is 65.2. The molecule has 7 nitrogen and oxygen atoms in total. The van der Waals surface area contributed by atoms with Crippen molar-refractivity contribution >= 4 is 20.5 Å². The first-order valence-corrected chi connectivity index (χ1v) is 6.43. The molecular formula is C7H8Na4O7S2. The van der Waals surface area contributed by atoms with Gasteiger partial charge in [-0.2, -0.15) is 0 Å². The largest absolute Gasteiger partial charge is 1.00 e. The minimum atomic E-state index is -5.17. The molecule has 94 valence electrons. The summed E-state index contributed by atoms with van der Waals surface area (Å²) in [7, 11) is -9.44. The minimum Gasteiger partial charge on any atom is -1.00 e. The summed E-state index contributed by atoms with van der Waals surface area (Å²) in [6.07, 6.45) is 0. The van der Waals surface area contributed by atoms with Crippen molar-refractivity contribution < 1.29 is 150 Å². The van der Waals surface area contributed by atoms with Gasteiger partial charge in [-0.1, -0.05) is 17.7 Å². The van der Waals surface area contributed by atoms with Gasteiger partial charge in [0.25, 0.3) is 0 Å². The van der Waals surface area contributed by atoms with Crippen LogP contribution in [0.25, 0.3) is 0 Å². The van der Waals surface area contributed by atoms with Gasteiger partial charge in [0.05, 0.1) is 4.90 Å². The first kappa shape index (κ1) is 34.4. The Kier molecular flexibility index (Phi) is 26.7. The third kappa shape index (κ3) is 23.3. The van der Waals surface area contributed by atoms with Gasteiger partial charge in [-0.05, 0) is 19.1 Å². The van der Waals surface area contributed by atoms with E-state index in [0.717, 1.165) is 5.56 Å². The van der Waals surface area contributed by atoms with Crippen molar-refractivity contribution in [2.45, 2.75) is 11.8 Å². The Bertz CT molecular complexity index is 539. The van der Waals surface area contributed by atoms with Crippen LogP contribution in [0.2, 0.25) is 0 Å². The summed E-state index contributed by atoms with van der Waals surface area (Å²) in [4.78, 5) is -0.178. The summed E-state index contributed by atoms with van der Waals surface area (Å²) in [6.45, 7) is 1.82. The van der Waals surface area contributed by atoms with Crippen LogP contribution in [-0.4, -0.2) is 30.5 Å². The Labute approximate surface area is 208 Å². The van der Waals surface area contributed by atoms with Crippen molar-refractivity contribution in [2.75, 3.05) is 0 Å². The fourth-order valence-corrected chi connectivity index (χ4v) is 1.17. The Morgan fingerprint density at radius 1 is 0.800 bits per heavy atom. The van der Waals surface area contributed by atoms with Crippen LogP contribution in [0, 0.1) is 6.92 Å². The number of rotatable bonds is 1. The summed E-state index contributed by atoms with van der Waals surface area (Å²) in [6, 6.07) is 5.78. The normalized spacial score (nSPS) is 9.20. The van der Waals surface area contributed by atoms with Crippen LogP contribution in [0.4, 0.5) is 0 Å². The van der Waals surface area contributed by atoms with Crippen LogP contribution < -0.4 is 118 Å². The summed E-state index contributed by atoms with van der Waals surface area (Å²) in [5.74, 6) is 0. The fraction of sp³-hybridized carbons (Fsp3) is 0.143. The van der Waals surface area contributed by atoms with Crippen molar-refractivity contribution in [3.05, 3.63) is 29.8 Å². The fourth-order valence-electron chi connectivity index (χ4n) is 0.705. The van der Waals surface area contributed by atoms with Gasteiger partial charge in [0.2, 0.25) is 0 Å². The van der Waals surface area contributed by atoms with Gasteiger partial charge in [0, 0.05) is 10.4 Å². The maximum absolute atomic E-state index is 10.4. The molecule has 1 aromatic rings. The zero-order chi connectivity index (χ0) is 13.0. The molecule has 0 aliphatic carbocycles. The van der Waals surface area contributed by atoms with Gasteiger partial charge in [-0.15, -0.1) is 0 Å². The zero-order valence-corrected chi connectivity index (χ0v) is 21.6. The van der Waals surface area contributed by atoms with Gasteiger partial charge in [-0.25, -0.2) is 8.42 Å². The second-order valence-electron chi connectivity index (χ2n) is 2.68. The SMILES string of the molecule is Cc1ccc(S(=O)(=O)[O-])cc1.O=S(=O)([O-])[O-].[H-].[Na+].[Na+].[Na+].[Na+]. The second kappa shape index (κ2) is 15.5. The Morgan fingerprint density at radius 3 is 1.25 bits per heavy atom. The van der Waals surface area contributed by atoms with Crippen LogP contribution in [0.15, 0.2) is 29.2 Å². The van der Waals surface area contributed by atoms with E-state index in [1.807, 2.05) is 6.92 Å². The topological polar surface area (TPSA) is 137 Å². The maximum atomic E-state index is 10.4. The molecule has 0 N–H and O–H groups in total. The molecule has 0 aromatic heterocycles. The summed E-state index contributed by atoms with van der Waals surface area (Å²) >= 11 is 0. The van der Waals surface area contributed by atoms with E-state index in [9.17, 15) is 13.0 Å². The van der Waals surface area contributed by atoms with Crippen LogP contribution >= 0.6 is 0 Å². The molecule has 0 fully saturated rings. The molecule has 0 bridgehead atoms. The second-order valence-corrected chi connectivity index (χ2v) is 4.87. The van der Waals surface area contributed by atoms with E-state index < -0.39 is 20.5 Å². The predicted molar refractivity (Wildman–Crippen MR) is 50.7 cm³/mol. The number of hydrogen-bond acceptors (Lipinski definition) is 7. The molecule has 0 spiro atoms. The van der Waals surface area contributed by atoms with Gasteiger partial charge >= 0.3 is 118 Å². The summed E-state index contributed by atoms with van der Waals surface area (Å²) in [5.41, 5.74) is 0.928. The first-order valence-electron chi connectivity index (χ1n) is 3.69. The standard InChI is InChI=1S/C7H8O3S.4Na.H2O4S.H/c1-6-2-4-7(5-3-6)11(8,9)10;;;;;1-5(2,3)4;/h2-5H,1H3,(H,8,9,10);;;;;(H2,1,2,3,4);/q;4*+1;;-1/p-3. The van der Waals surface area contributed by atoms with Crippen LogP contribution in [-0.2, 0) is 20.5 Å². The van der Waals surface area contributed by atoms with Crippen LogP contribution in [0.5, 0.6) is 0 Å². The van der Waals surface area contributed by atoms with Crippen molar-refractivity contribution in [1.29, 1.82) is 0 Å². The van der Waals surface area contributed by atoms with Crippen molar-refractivity contribution in [3.8, 4) is 0 Å². The van der Waals surface area contributed by atoms with Gasteiger partial charge in [0.1, 0.15) is 10.1 Å². The Morgan fingerprint density at radius 2 is 1.05 bits per heavy atom. The molecule has 13 heteroatoms. The van der Waals surface area contributed by atoms with E-state index in [-0.39, 0.29) is 125 Å². The Hall–Kier alpha value is 3.00. The molecular weight excluding hydrogens is 352 g/mol. The van der Waals surface area contributed by atoms with E-state index >= 15 is 0 Å². The molecule has 0 unspecified atom stereocenters. The molecule has 0 atom stereocenters. The van der Waals surface area contributed by atoms with Crippen LogP contribution in [0.1, 0.15) is 6.99 Å². The first-order chi connectivity index (χ1) is 7.00. The maximum Gasteiger partial charge on any atom is 1.00 e. The van der Waals surface area contributed by atoms with Gasteiger partial charge in [0.15, 0.2) is 0 Å². The van der Waals surface area contributed by atoms with E-state index in [1.54, 1.807) is 12.1 Å². The third-order valence-electron chi connectivity index (χ3n) is 1.31. The Balaban J connectivity index is -0.0000000506. The zero-order valence-electron chi connectivity index (χ0n) is 13.0. The molecule has 0 amide bonds. The third-order valence-corrected chi connectivity index (χ3v) is 2.16. The van der Waals surface area contributed by atoms with E-state index in [4.69, 9.17) is 17.5 Å². The molecule has 0 saturated heterocycles. The number of aryl methyl sites for hydroxylation is 1. The molecule has 20 heavy (non-hydrogen) atoms.